The highest BCUT2D eigenvalue weighted by Crippen LogP contribution is 2.52. The van der Waals surface area contributed by atoms with E-state index in [-0.39, 0.29) is 17.0 Å². The molecule has 186 valence electrons. The van der Waals surface area contributed by atoms with Crippen molar-refractivity contribution in [2.24, 2.45) is 10.8 Å². The second-order valence-electron chi connectivity index (χ2n) is 8.03. The smallest absolute Gasteiger partial charge is 0.273 e. The highest BCUT2D eigenvalue weighted by atomic mass is 32.2. The summed E-state index contributed by atoms with van der Waals surface area (Å²) in [6, 6.07) is 3.18. The van der Waals surface area contributed by atoms with Gasteiger partial charge in [0.05, 0.1) is 5.01 Å². The van der Waals surface area contributed by atoms with E-state index in [1.54, 1.807) is 12.4 Å². The van der Waals surface area contributed by atoms with Gasteiger partial charge in [-0.1, -0.05) is 11.8 Å². The second kappa shape index (κ2) is 10.8. The average Bonchev–Trinajstić information content (AvgIpc) is 3.56. The predicted octanol–water partition coefficient (Wildman–Crippen LogP) is 4.58. The number of rotatable bonds is 9. The molecule has 1 amide bonds. The third-order valence-corrected chi connectivity index (χ3v) is 8.96. The molecule has 1 aliphatic rings. The minimum absolute atomic E-state index is 0.0137. The van der Waals surface area contributed by atoms with Crippen LogP contribution in [-0.2, 0) is 20.8 Å². The number of methoxy groups -OCH3 is 1. The van der Waals surface area contributed by atoms with Crippen LogP contribution in [0.25, 0.3) is 0 Å². The molecule has 12 heteroatoms. The summed E-state index contributed by atoms with van der Waals surface area (Å²) in [7, 11) is 1.46. The number of aryl methyl sites for hydroxylation is 2. The van der Waals surface area contributed by atoms with Gasteiger partial charge in [0.2, 0.25) is 0 Å². The van der Waals surface area contributed by atoms with Crippen LogP contribution < -0.4 is 5.73 Å². The number of hydrogen-bond acceptors (Lipinski definition) is 9. The Balaban J connectivity index is 1.80. The number of nitrogens with zero attached hydrogens (tertiary/aromatic N) is 4. The maximum absolute atomic E-state index is 14.7. The average molecular weight is 538 g/mol. The zero-order chi connectivity index (χ0) is 25.2. The Hall–Kier alpha value is -2.25. The fourth-order valence-electron chi connectivity index (χ4n) is 3.73. The van der Waals surface area contributed by atoms with Gasteiger partial charge in [0.15, 0.2) is 4.87 Å². The summed E-state index contributed by atoms with van der Waals surface area (Å²) in [6.45, 7) is 4.24. The molecule has 1 unspecified atom stereocenters. The van der Waals surface area contributed by atoms with E-state index >= 15 is 0 Å². The predicted molar refractivity (Wildman–Crippen MR) is 136 cm³/mol. The molecule has 0 aliphatic carbocycles. The molecule has 3 heterocycles. The lowest BCUT2D eigenvalue weighted by molar-refractivity contribution is -0.145. The molecule has 35 heavy (non-hydrogen) atoms. The van der Waals surface area contributed by atoms with Gasteiger partial charge in [0.25, 0.3) is 5.91 Å². The number of aromatic nitrogens is 2. The molecule has 0 spiro atoms. The summed E-state index contributed by atoms with van der Waals surface area (Å²) < 4.78 is 34.4. The molecule has 2 aromatic heterocycles. The Kier molecular flexibility index (Phi) is 7.96. The van der Waals surface area contributed by atoms with Crippen LogP contribution in [0.4, 0.5) is 8.78 Å². The van der Waals surface area contributed by atoms with Gasteiger partial charge in [-0.25, -0.2) is 23.8 Å². The molecule has 2 N–H and O–H groups in total. The van der Waals surface area contributed by atoms with Crippen LogP contribution in [0.15, 0.2) is 35.7 Å². The first-order valence-corrected chi connectivity index (χ1v) is 13.4. The summed E-state index contributed by atoms with van der Waals surface area (Å²) >= 11 is 4.10. The van der Waals surface area contributed by atoms with Crippen molar-refractivity contribution in [2.45, 2.75) is 44.1 Å². The molecule has 7 nitrogen and oxygen atoms in total. The van der Waals surface area contributed by atoms with Crippen molar-refractivity contribution in [3.05, 3.63) is 67.6 Å². The van der Waals surface area contributed by atoms with Crippen molar-refractivity contribution in [3.63, 3.8) is 0 Å². The molecule has 0 bridgehead atoms. The fraction of sp³-hybridized carbons (Fsp3) is 0.391. The van der Waals surface area contributed by atoms with Crippen molar-refractivity contribution in [3.8, 4) is 0 Å². The summed E-state index contributed by atoms with van der Waals surface area (Å²) in [5.74, 6) is -1.64. The van der Waals surface area contributed by atoms with Crippen LogP contribution in [0.5, 0.6) is 0 Å². The van der Waals surface area contributed by atoms with E-state index in [0.717, 1.165) is 33.0 Å². The number of hydrazone groups is 1. The van der Waals surface area contributed by atoms with Crippen molar-refractivity contribution in [2.75, 3.05) is 13.7 Å². The second-order valence-corrected chi connectivity index (χ2v) is 11.8. The minimum atomic E-state index is -1.07. The highest BCUT2D eigenvalue weighted by Gasteiger charge is 2.52. The third-order valence-electron chi connectivity index (χ3n) is 5.43. The van der Waals surface area contributed by atoms with Crippen LogP contribution in [0, 0.1) is 25.5 Å². The van der Waals surface area contributed by atoms with Gasteiger partial charge < -0.3 is 10.5 Å². The highest BCUT2D eigenvalue weighted by molar-refractivity contribution is 8.15. The van der Waals surface area contributed by atoms with Crippen LogP contribution in [0.2, 0.25) is 0 Å². The molecular formula is C23H25F2N5O2S3. The molecule has 3 aromatic rings. The van der Waals surface area contributed by atoms with Gasteiger partial charge in [0, 0.05) is 41.2 Å². The number of amides is 1. The van der Waals surface area contributed by atoms with Crippen molar-refractivity contribution >= 4 is 45.4 Å². The number of carbonyl (C=O) groups is 1. The molecule has 1 aliphatic heterocycles. The summed E-state index contributed by atoms with van der Waals surface area (Å²) in [5.41, 5.74) is 5.83. The van der Waals surface area contributed by atoms with Crippen LogP contribution in [0.1, 0.15) is 38.2 Å². The Morgan fingerprint density at radius 3 is 2.57 bits per heavy atom. The van der Waals surface area contributed by atoms with Crippen molar-refractivity contribution in [1.82, 2.24) is 15.0 Å². The SMILES string of the molecule is CO[C@@H](Cc1ncc(C)s1)C(=O)N1N=C(c2cc(F)ccc2F)SC1(CCCN)c1ncc(C)s1. The lowest BCUT2D eigenvalue weighted by atomic mass is 10.1. The van der Waals surface area contributed by atoms with E-state index in [9.17, 15) is 13.6 Å². The Labute approximate surface area is 214 Å². The minimum Gasteiger partial charge on any atom is -0.371 e. The fourth-order valence-corrected chi connectivity index (χ4v) is 6.97. The Morgan fingerprint density at radius 2 is 1.94 bits per heavy atom. The molecule has 0 saturated heterocycles. The molecule has 1 aromatic carbocycles. The maximum atomic E-state index is 14.7. The maximum Gasteiger partial charge on any atom is 0.273 e. The summed E-state index contributed by atoms with van der Waals surface area (Å²) in [5, 5.41) is 7.47. The molecule has 0 saturated carbocycles. The van der Waals surface area contributed by atoms with Gasteiger partial charge in [0.1, 0.15) is 27.8 Å². The lowest BCUT2D eigenvalue weighted by Crippen LogP contribution is -2.47. The molecule has 2 atom stereocenters. The summed E-state index contributed by atoms with van der Waals surface area (Å²) in [6.07, 6.45) is 3.84. The number of halogens is 2. The number of hydrogen-bond donors (Lipinski definition) is 1. The standard InChI is InChI=1S/C23H25F2N5O2S3/c1-13-11-27-19(33-13)10-18(32-3)21(31)30-23(7-4-8-26,22-28-12-14(2)34-22)35-20(29-30)16-9-15(24)5-6-17(16)25/h5-6,9,11-12,18H,4,7-8,10,26H2,1-3H3/t18-,23?/m0/s1. The normalized spacial score (nSPS) is 18.7. The van der Waals surface area contributed by atoms with Gasteiger partial charge >= 0.3 is 0 Å². The van der Waals surface area contributed by atoms with Crippen LogP contribution in [-0.4, -0.2) is 45.7 Å². The molecule has 0 fully saturated rings. The quantitative estimate of drug-likeness (QED) is 0.430. The topological polar surface area (TPSA) is 93.7 Å². The Morgan fingerprint density at radius 1 is 1.20 bits per heavy atom. The number of carbonyl (C=O) groups excluding carboxylic acids is 1. The zero-order valence-electron chi connectivity index (χ0n) is 19.5. The van der Waals surface area contributed by atoms with E-state index in [4.69, 9.17) is 10.5 Å². The first-order valence-electron chi connectivity index (χ1n) is 10.9. The van der Waals surface area contributed by atoms with Crippen LogP contribution >= 0.6 is 34.4 Å². The monoisotopic (exact) mass is 537 g/mol. The summed E-state index contributed by atoms with van der Waals surface area (Å²) in [4.78, 5) is 23.7. The van der Waals surface area contributed by atoms with Gasteiger partial charge in [-0.2, -0.15) is 5.10 Å². The number of benzene rings is 1. The van der Waals surface area contributed by atoms with Crippen molar-refractivity contribution < 1.29 is 18.3 Å². The van der Waals surface area contributed by atoms with Gasteiger partial charge in [-0.05, 0) is 51.4 Å². The van der Waals surface area contributed by atoms with E-state index in [0.29, 0.717) is 24.4 Å². The van der Waals surface area contributed by atoms with E-state index in [1.165, 1.54) is 46.6 Å². The van der Waals surface area contributed by atoms with E-state index in [2.05, 4.69) is 15.1 Å². The van der Waals surface area contributed by atoms with Gasteiger partial charge in [-0.3, -0.25) is 4.79 Å². The number of nitrogens with two attached hydrogens (primary N) is 1. The molecule has 4 rings (SSSR count). The number of ether oxygens (including phenoxy) is 1. The number of thiazole rings is 2. The lowest BCUT2D eigenvalue weighted by Gasteiger charge is -2.35. The zero-order valence-corrected chi connectivity index (χ0v) is 21.9. The first-order chi connectivity index (χ1) is 16.8. The first kappa shape index (κ1) is 25.8. The molecule has 0 radical (unpaired) electrons. The van der Waals surface area contributed by atoms with E-state index < -0.39 is 28.5 Å². The molecular weight excluding hydrogens is 512 g/mol. The Bertz CT molecular complexity index is 1250. The number of thioether (sulfide) groups is 1. The van der Waals surface area contributed by atoms with Crippen LogP contribution in [0.3, 0.4) is 0 Å². The third kappa shape index (κ3) is 5.31. The van der Waals surface area contributed by atoms with E-state index in [1.807, 2.05) is 13.8 Å². The van der Waals surface area contributed by atoms with Crippen molar-refractivity contribution in [1.29, 1.82) is 0 Å². The largest absolute Gasteiger partial charge is 0.371 e. The van der Waals surface area contributed by atoms with Gasteiger partial charge in [-0.15, -0.1) is 22.7 Å².